The van der Waals surface area contributed by atoms with Gasteiger partial charge in [0.05, 0.1) is 58.7 Å². The first kappa shape index (κ1) is 59.9. The van der Waals surface area contributed by atoms with E-state index in [0.29, 0.717) is 29.6 Å². The molecule has 2 saturated heterocycles. The number of aryl methyl sites for hydroxylation is 1. The highest BCUT2D eigenvalue weighted by molar-refractivity contribution is 6.32. The molecule has 21 nitrogen and oxygen atoms in total. The number of carbonyl (C=O) groups is 7. The summed E-state index contributed by atoms with van der Waals surface area (Å²) in [7, 11) is 1.40. The molecule has 0 spiro atoms. The van der Waals surface area contributed by atoms with Gasteiger partial charge >= 0.3 is 17.7 Å². The lowest BCUT2D eigenvalue weighted by atomic mass is 9.78. The number of aromatic nitrogens is 1. The molecule has 5 bridgehead atoms. The number of carboxylic acid groups (broad SMARTS) is 1. The van der Waals surface area contributed by atoms with Gasteiger partial charge in [-0.3, -0.25) is 38.0 Å². The topological polar surface area (TPSA) is 289 Å². The van der Waals surface area contributed by atoms with Crippen molar-refractivity contribution in [2.75, 3.05) is 38.2 Å². The number of phenolic OH excluding ortho intramolecular Hbond substituents is 1. The number of nitrogens with one attached hydrogen (secondary N) is 2. The molecule has 10 atom stereocenters. The van der Waals surface area contributed by atoms with Crippen LogP contribution in [0.2, 0.25) is 0 Å². The van der Waals surface area contributed by atoms with Gasteiger partial charge in [0.2, 0.25) is 17.5 Å². The van der Waals surface area contributed by atoms with Gasteiger partial charge in [0.15, 0.2) is 5.82 Å². The number of Topliss-reactive ketones (excluding diaryl/α,β-unsaturated/α-hetero) is 3. The lowest BCUT2D eigenvalue weighted by Gasteiger charge is -2.38. The third-order valence-corrected chi connectivity index (χ3v) is 17.7. The number of aliphatic hydroxyl groups excluding tert-OH is 2. The maximum Gasteiger partial charge on any atom is 0.341 e. The second kappa shape index (κ2) is 23.2. The van der Waals surface area contributed by atoms with Crippen LogP contribution < -0.4 is 25.8 Å². The van der Waals surface area contributed by atoms with Crippen LogP contribution in [0.15, 0.2) is 64.6 Å². The van der Waals surface area contributed by atoms with E-state index >= 15 is 14.0 Å². The number of halogens is 1. The van der Waals surface area contributed by atoms with E-state index in [2.05, 4.69) is 10.6 Å². The molecule has 5 aliphatic heterocycles. The highest BCUT2D eigenvalue weighted by Gasteiger charge is 2.53. The monoisotopic (exact) mass is 1150 g/mol. The average molecular weight is 1150 g/mol. The SMILES string of the molecule is CO[C@H]1/C=C/O[C@@]2(C)Oc3c(C)c(O)c4c(c3C2=O)C(=O)C(N2CCC(C(=O)NC3CCN(c5c(F)cn6c(=O)c(C(=O)O)cc(C7CC7)c6c5C)C3)CC2)=C(NC(=O)/C(C)=C\C=C\[C@H](C)[C@H](O)[C@@H](C)[C@@H](O)[C@@H](C)[C@H](OC(C)=O)[C@@H]1C)C4=O. The van der Waals surface area contributed by atoms with Crippen LogP contribution >= 0.6 is 0 Å². The molecule has 6 N–H and O–H groups in total. The summed E-state index contributed by atoms with van der Waals surface area (Å²) in [4.78, 5) is 114. The van der Waals surface area contributed by atoms with Gasteiger partial charge in [-0.1, -0.05) is 45.9 Å². The van der Waals surface area contributed by atoms with Gasteiger partial charge in [-0.15, -0.1) is 0 Å². The van der Waals surface area contributed by atoms with Gasteiger partial charge in [0.25, 0.3) is 17.2 Å². The van der Waals surface area contributed by atoms with Crippen molar-refractivity contribution in [3.63, 3.8) is 0 Å². The molecule has 3 aromatic rings. The molecule has 1 saturated carbocycles. The molecule has 7 aliphatic rings. The minimum absolute atomic E-state index is 0.0168. The van der Waals surface area contributed by atoms with Gasteiger partial charge in [0.1, 0.15) is 34.6 Å². The van der Waals surface area contributed by atoms with Crippen LogP contribution in [-0.2, 0) is 28.6 Å². The number of aromatic hydroxyl groups is 1. The zero-order valence-electron chi connectivity index (χ0n) is 48.2. The fraction of sp³-hybridized carbons (Fsp3) is 0.508. The van der Waals surface area contributed by atoms with Gasteiger partial charge in [-0.25, -0.2) is 9.18 Å². The van der Waals surface area contributed by atoms with E-state index in [1.54, 1.807) is 50.5 Å². The van der Waals surface area contributed by atoms with Crippen molar-refractivity contribution in [1.82, 2.24) is 19.9 Å². The number of benzene rings is 1. The molecule has 1 aromatic carbocycles. The molecule has 10 rings (SSSR count). The summed E-state index contributed by atoms with van der Waals surface area (Å²) in [6, 6.07) is 0.988. The summed E-state index contributed by atoms with van der Waals surface area (Å²) in [5.74, 6) is -13.0. The number of pyridine rings is 2. The van der Waals surface area contributed by atoms with Gasteiger partial charge in [-0.05, 0) is 82.1 Å². The summed E-state index contributed by atoms with van der Waals surface area (Å²) >= 11 is 0. The number of hydrogen-bond donors (Lipinski definition) is 6. The Morgan fingerprint density at radius 3 is 2.17 bits per heavy atom. The van der Waals surface area contributed by atoms with Crippen molar-refractivity contribution in [2.24, 2.45) is 29.6 Å². The lowest BCUT2D eigenvalue weighted by Crippen LogP contribution is -2.47. The Labute approximate surface area is 478 Å². The maximum absolute atomic E-state index is 16.1. The Hall–Kier alpha value is -7.69. The number of aliphatic hydroxyl groups is 2. The Balaban J connectivity index is 1.00. The van der Waals surface area contributed by atoms with Crippen molar-refractivity contribution in [1.29, 1.82) is 0 Å². The van der Waals surface area contributed by atoms with Gasteiger partial charge in [0, 0.05) is 93.9 Å². The number of rotatable bonds is 8. The molecule has 83 heavy (non-hydrogen) atoms. The zero-order valence-corrected chi connectivity index (χ0v) is 48.2. The third-order valence-electron chi connectivity index (χ3n) is 17.7. The molecule has 2 amide bonds. The quantitative estimate of drug-likeness (QED) is 0.147. The second-order valence-electron chi connectivity index (χ2n) is 23.3. The summed E-state index contributed by atoms with van der Waals surface area (Å²) in [6.07, 6.45) is 6.46. The number of phenols is 1. The minimum atomic E-state index is -2.18. The fourth-order valence-corrected chi connectivity index (χ4v) is 12.6. The van der Waals surface area contributed by atoms with Crippen LogP contribution in [0.3, 0.4) is 0 Å². The smallest absolute Gasteiger partial charge is 0.341 e. The van der Waals surface area contributed by atoms with Crippen LogP contribution in [0.4, 0.5) is 10.1 Å². The normalized spacial score (nSPS) is 29.7. The number of amides is 2. The minimum Gasteiger partial charge on any atom is -0.507 e. The zero-order chi connectivity index (χ0) is 60.4. The molecular formula is C61H72FN5O16. The number of carbonyl (C=O) groups excluding carboxylic acids is 6. The van der Waals surface area contributed by atoms with Crippen molar-refractivity contribution in [3.8, 4) is 11.5 Å². The standard InChI is InChI=1S/C61H72FN5O16/c1-27-12-11-13-28(2)57(75)64-45-48(65-20-16-36(17-21-65)58(76)63-37-18-22-66(25-37)47-30(4)46-38(35-14-15-35)24-39(60(78)79)59(77)67(46)26-40(47)62)53(73)42-43(52(45)72)51(71)33(7)55-44(42)56(74)61(9,83-55)81-23-19-41(80-10)29(3)54(82-34(8)68)32(6)50(70)31(5)49(27)69/h11-13,19,23-24,26-27,29,31-32,35-37,41,49-50,54,69-71H,14-18,20-22,25H2,1-10H3,(H,63,76)(H,64,75)(H,78,79)/b12-11+,23-19+,28-13-/t27-,29+,31+,32+,37?,41-,49-,50+,54+,61-/m0/s1. The number of piperidine rings is 1. The molecule has 0 radical (unpaired) electrons. The number of esters is 1. The van der Waals surface area contributed by atoms with Gasteiger partial charge in [-0.2, -0.15) is 0 Å². The van der Waals surface area contributed by atoms with Crippen LogP contribution in [0.5, 0.6) is 11.5 Å². The van der Waals surface area contributed by atoms with E-state index in [4.69, 9.17) is 18.9 Å². The molecular weight excluding hydrogens is 1080 g/mol. The number of methoxy groups -OCH3 is 1. The van der Waals surface area contributed by atoms with Crippen LogP contribution in [-0.4, -0.2) is 140 Å². The molecule has 1 unspecified atom stereocenters. The third kappa shape index (κ3) is 11.0. The number of likely N-dealkylation sites (tertiary alicyclic amines) is 1. The summed E-state index contributed by atoms with van der Waals surface area (Å²) in [5.41, 5.74) is -1.51. The highest BCUT2D eigenvalue weighted by Crippen LogP contribution is 2.50. The number of carboxylic acids is 1. The first-order chi connectivity index (χ1) is 39.2. The molecule has 2 aromatic heterocycles. The maximum atomic E-state index is 16.1. The van der Waals surface area contributed by atoms with E-state index in [1.165, 1.54) is 59.1 Å². The van der Waals surface area contributed by atoms with E-state index in [-0.39, 0.29) is 78.1 Å². The van der Waals surface area contributed by atoms with Crippen molar-refractivity contribution in [3.05, 3.63) is 115 Å². The molecule has 2 aliphatic carbocycles. The van der Waals surface area contributed by atoms with Crippen molar-refractivity contribution < 1.29 is 77.3 Å². The van der Waals surface area contributed by atoms with Crippen molar-refractivity contribution >= 4 is 52.3 Å². The van der Waals surface area contributed by atoms with E-state index in [9.17, 15) is 49.2 Å². The van der Waals surface area contributed by atoms with E-state index in [1.807, 2.05) is 0 Å². The largest absolute Gasteiger partial charge is 0.507 e. The predicted molar refractivity (Wildman–Crippen MR) is 299 cm³/mol. The first-order valence-electron chi connectivity index (χ1n) is 28.2. The van der Waals surface area contributed by atoms with Crippen LogP contribution in [0, 0.1) is 49.3 Å². The number of nitrogens with zero attached hydrogens (tertiary/aromatic N) is 3. The molecule has 7 heterocycles. The number of hydrogen-bond acceptors (Lipinski definition) is 17. The van der Waals surface area contributed by atoms with E-state index < -0.39 is 141 Å². The molecule has 3 fully saturated rings. The van der Waals surface area contributed by atoms with Gasteiger partial charge < -0.3 is 59.8 Å². The Morgan fingerprint density at radius 1 is 0.855 bits per heavy atom. The number of aromatic carboxylic acids is 1. The Morgan fingerprint density at radius 2 is 1.53 bits per heavy atom. The molecule has 22 heteroatoms. The Bertz CT molecular complexity index is 3420. The number of ketones is 3. The van der Waals surface area contributed by atoms with Crippen molar-refractivity contribution in [2.45, 2.75) is 137 Å². The highest BCUT2D eigenvalue weighted by atomic mass is 19.1. The fourth-order valence-electron chi connectivity index (χ4n) is 12.6. The van der Waals surface area contributed by atoms with Crippen LogP contribution in [0.1, 0.15) is 145 Å². The number of allylic oxidation sites excluding steroid dienone is 4. The summed E-state index contributed by atoms with van der Waals surface area (Å²) in [5, 5.41) is 50.5. The molecule has 444 valence electrons. The number of anilines is 1. The van der Waals surface area contributed by atoms with Crippen LogP contribution in [0.25, 0.3) is 5.52 Å². The summed E-state index contributed by atoms with van der Waals surface area (Å²) < 4.78 is 40.9. The number of ether oxygens (including phenoxy) is 4. The first-order valence-corrected chi connectivity index (χ1v) is 28.2. The number of fused-ring (bicyclic) bond motifs is 15. The Kier molecular flexibility index (Phi) is 16.7. The van der Waals surface area contributed by atoms with E-state index in [0.717, 1.165) is 29.7 Å². The lowest BCUT2D eigenvalue weighted by molar-refractivity contribution is -0.160. The predicted octanol–water partition coefficient (Wildman–Crippen LogP) is 5.70. The second-order valence-corrected chi connectivity index (χ2v) is 23.3. The average Bonchev–Trinajstić information content (AvgIpc) is 2.31. The summed E-state index contributed by atoms with van der Waals surface area (Å²) in [6.45, 7) is 14.5.